The number of aromatic nitrogens is 2. The van der Waals surface area contributed by atoms with Gasteiger partial charge in [-0.25, -0.2) is 0 Å². The molecule has 7 heteroatoms. The molecule has 1 atom stereocenters. The number of nitrogens with zero attached hydrogens (tertiary/aromatic N) is 3. The molecule has 1 fully saturated rings. The van der Waals surface area contributed by atoms with Crippen LogP contribution in [0.1, 0.15) is 15.9 Å². The molecule has 1 saturated heterocycles. The number of rotatable bonds is 3. The maximum absolute atomic E-state index is 12.4. The summed E-state index contributed by atoms with van der Waals surface area (Å²) >= 11 is 0. The lowest BCUT2D eigenvalue weighted by Crippen LogP contribution is -2.39. The molecule has 2 N–H and O–H groups in total. The van der Waals surface area contributed by atoms with Gasteiger partial charge >= 0.3 is 0 Å². The van der Waals surface area contributed by atoms with Crippen LogP contribution in [0.3, 0.4) is 0 Å². The minimum atomic E-state index is -0.777. The number of nitrogens with one attached hydrogen (secondary N) is 1. The predicted octanol–water partition coefficient (Wildman–Crippen LogP) is 0.255. The van der Waals surface area contributed by atoms with Gasteiger partial charge in [-0.05, 0) is 5.56 Å². The topological polar surface area (TPSA) is 89.5 Å². The Morgan fingerprint density at radius 3 is 2.78 bits per heavy atom. The van der Waals surface area contributed by atoms with E-state index in [0.717, 1.165) is 5.56 Å². The monoisotopic (exact) mass is 314 g/mol. The van der Waals surface area contributed by atoms with E-state index in [-0.39, 0.29) is 31.4 Å². The fourth-order valence-corrected chi connectivity index (χ4v) is 2.66. The molecule has 1 aromatic heterocycles. The van der Waals surface area contributed by atoms with Crippen LogP contribution in [0.25, 0.3) is 0 Å². The van der Waals surface area contributed by atoms with Crippen molar-refractivity contribution in [2.75, 3.05) is 19.6 Å². The number of carbonyl (C=O) groups is 2. The van der Waals surface area contributed by atoms with Gasteiger partial charge < -0.3 is 14.9 Å². The third-order valence-corrected chi connectivity index (χ3v) is 3.79. The van der Waals surface area contributed by atoms with Gasteiger partial charge in [0.15, 0.2) is 0 Å². The highest BCUT2D eigenvalue weighted by molar-refractivity contribution is 5.96. The van der Waals surface area contributed by atoms with Crippen LogP contribution >= 0.6 is 0 Å². The summed E-state index contributed by atoms with van der Waals surface area (Å²) in [6, 6.07) is 9.58. The lowest BCUT2D eigenvalue weighted by Gasteiger charge is -2.21. The number of amides is 2. The molecule has 2 aromatic rings. The van der Waals surface area contributed by atoms with Crippen LogP contribution in [0, 0.1) is 0 Å². The van der Waals surface area contributed by atoms with Crippen molar-refractivity contribution >= 4 is 11.8 Å². The Labute approximate surface area is 133 Å². The van der Waals surface area contributed by atoms with Crippen LogP contribution in [0.15, 0.2) is 42.7 Å². The Kier molecular flexibility index (Phi) is 4.38. The minimum Gasteiger partial charge on any atom is -0.389 e. The summed E-state index contributed by atoms with van der Waals surface area (Å²) in [4.78, 5) is 27.7. The third kappa shape index (κ3) is 3.57. The van der Waals surface area contributed by atoms with Crippen molar-refractivity contribution in [1.82, 2.24) is 20.0 Å². The highest BCUT2D eigenvalue weighted by atomic mass is 16.3. The molecule has 3 rings (SSSR count). The van der Waals surface area contributed by atoms with Crippen molar-refractivity contribution in [2.45, 2.75) is 12.6 Å². The quantitative estimate of drug-likeness (QED) is 0.850. The Hall–Kier alpha value is -2.67. The molecule has 120 valence electrons. The second-order valence-corrected chi connectivity index (χ2v) is 5.59. The zero-order valence-electron chi connectivity index (χ0n) is 12.6. The molecule has 7 nitrogen and oxygen atoms in total. The molecule has 23 heavy (non-hydrogen) atoms. The van der Waals surface area contributed by atoms with Crippen LogP contribution in [-0.2, 0) is 11.3 Å². The molecule has 1 aromatic carbocycles. The molecule has 2 amide bonds. The SMILES string of the molecule is O=C1CN(C(=O)c2cn[nH]c2)CC(O)CN1Cc1ccccc1. The molecule has 1 aliphatic heterocycles. The molecule has 0 radical (unpaired) electrons. The van der Waals surface area contributed by atoms with Crippen LogP contribution in [0.5, 0.6) is 0 Å². The van der Waals surface area contributed by atoms with Crippen LogP contribution in [0.4, 0.5) is 0 Å². The number of aromatic amines is 1. The zero-order valence-corrected chi connectivity index (χ0v) is 12.6. The van der Waals surface area contributed by atoms with E-state index in [1.54, 1.807) is 4.90 Å². The number of hydrogen-bond acceptors (Lipinski definition) is 4. The summed E-state index contributed by atoms with van der Waals surface area (Å²) in [5.41, 5.74) is 1.36. The lowest BCUT2D eigenvalue weighted by atomic mass is 10.2. The summed E-state index contributed by atoms with van der Waals surface area (Å²) in [6.45, 7) is 0.711. The largest absolute Gasteiger partial charge is 0.389 e. The average Bonchev–Trinajstić information content (AvgIpc) is 3.03. The van der Waals surface area contributed by atoms with E-state index in [0.29, 0.717) is 12.1 Å². The van der Waals surface area contributed by atoms with Crippen LogP contribution in [-0.4, -0.2) is 62.7 Å². The van der Waals surface area contributed by atoms with Gasteiger partial charge in [0.05, 0.1) is 17.9 Å². The van der Waals surface area contributed by atoms with Crippen molar-refractivity contribution in [3.05, 3.63) is 53.9 Å². The standard InChI is InChI=1S/C16H18N4O3/c21-14-9-19(8-12-4-2-1-3-5-12)15(22)11-20(10-14)16(23)13-6-17-18-7-13/h1-7,14,21H,8-11H2,(H,17,18). The smallest absolute Gasteiger partial charge is 0.257 e. The third-order valence-electron chi connectivity index (χ3n) is 3.79. The normalized spacial score (nSPS) is 18.8. The first-order chi connectivity index (χ1) is 11.1. The van der Waals surface area contributed by atoms with Crippen molar-refractivity contribution in [3.8, 4) is 0 Å². The predicted molar refractivity (Wildman–Crippen MR) is 82.4 cm³/mol. The van der Waals surface area contributed by atoms with E-state index in [9.17, 15) is 14.7 Å². The first-order valence-corrected chi connectivity index (χ1v) is 7.41. The number of hydrogen-bond donors (Lipinski definition) is 2. The van der Waals surface area contributed by atoms with Crippen molar-refractivity contribution in [2.24, 2.45) is 0 Å². The average molecular weight is 314 g/mol. The number of β-amino-alcohol motifs (C(OH)–C–C–N with tert-alkyl or cyclic N) is 1. The Morgan fingerprint density at radius 2 is 2.09 bits per heavy atom. The molecule has 1 unspecified atom stereocenters. The molecule has 2 heterocycles. The fourth-order valence-electron chi connectivity index (χ4n) is 2.66. The summed E-state index contributed by atoms with van der Waals surface area (Å²) < 4.78 is 0. The van der Waals surface area contributed by atoms with Crippen molar-refractivity contribution in [3.63, 3.8) is 0 Å². The zero-order chi connectivity index (χ0) is 16.2. The summed E-state index contributed by atoms with van der Waals surface area (Å²) in [5.74, 6) is -0.491. The van der Waals surface area contributed by atoms with Crippen molar-refractivity contribution < 1.29 is 14.7 Å². The number of H-pyrrole nitrogens is 1. The first kappa shape index (κ1) is 15.2. The van der Waals surface area contributed by atoms with E-state index in [4.69, 9.17) is 0 Å². The maximum Gasteiger partial charge on any atom is 0.257 e. The van der Waals surface area contributed by atoms with Gasteiger partial charge in [0.2, 0.25) is 5.91 Å². The molecule has 0 saturated carbocycles. The first-order valence-electron chi connectivity index (χ1n) is 7.41. The molecular formula is C16H18N4O3. The number of aliphatic hydroxyl groups is 1. The van der Waals surface area contributed by atoms with E-state index >= 15 is 0 Å². The van der Waals surface area contributed by atoms with Gasteiger partial charge in [0.1, 0.15) is 6.54 Å². The number of aliphatic hydroxyl groups excluding tert-OH is 1. The van der Waals surface area contributed by atoms with E-state index in [2.05, 4.69) is 10.2 Å². The fraction of sp³-hybridized carbons (Fsp3) is 0.312. The highest BCUT2D eigenvalue weighted by Crippen LogP contribution is 2.12. The summed E-state index contributed by atoms with van der Waals surface area (Å²) in [7, 11) is 0. The molecular weight excluding hydrogens is 296 g/mol. The number of benzene rings is 1. The Balaban J connectivity index is 1.72. The summed E-state index contributed by atoms with van der Waals surface area (Å²) in [6.07, 6.45) is 2.11. The maximum atomic E-state index is 12.4. The van der Waals surface area contributed by atoms with Gasteiger partial charge in [-0.2, -0.15) is 5.10 Å². The van der Waals surface area contributed by atoms with Gasteiger partial charge in [0.25, 0.3) is 5.91 Å². The summed E-state index contributed by atoms with van der Waals surface area (Å²) in [5, 5.41) is 16.5. The van der Waals surface area contributed by atoms with Gasteiger partial charge in [-0.1, -0.05) is 30.3 Å². The van der Waals surface area contributed by atoms with Gasteiger partial charge in [0, 0.05) is 25.8 Å². The Bertz CT molecular complexity index is 672. The minimum absolute atomic E-state index is 0.0477. The van der Waals surface area contributed by atoms with Gasteiger partial charge in [-0.3, -0.25) is 14.7 Å². The second-order valence-electron chi connectivity index (χ2n) is 5.59. The van der Waals surface area contributed by atoms with Crippen molar-refractivity contribution in [1.29, 1.82) is 0 Å². The number of carbonyl (C=O) groups excluding carboxylic acids is 2. The van der Waals surface area contributed by atoms with Crippen LogP contribution in [0.2, 0.25) is 0 Å². The highest BCUT2D eigenvalue weighted by Gasteiger charge is 2.30. The molecule has 0 aliphatic carbocycles. The molecule has 0 spiro atoms. The van der Waals surface area contributed by atoms with Gasteiger partial charge in [-0.15, -0.1) is 0 Å². The lowest BCUT2D eigenvalue weighted by molar-refractivity contribution is -0.131. The second kappa shape index (κ2) is 6.62. The molecule has 0 bridgehead atoms. The van der Waals surface area contributed by atoms with E-state index < -0.39 is 6.10 Å². The Morgan fingerprint density at radius 1 is 1.30 bits per heavy atom. The molecule has 1 aliphatic rings. The van der Waals surface area contributed by atoms with E-state index in [1.165, 1.54) is 17.3 Å². The van der Waals surface area contributed by atoms with Crippen LogP contribution < -0.4 is 0 Å². The van der Waals surface area contributed by atoms with E-state index in [1.807, 2.05) is 30.3 Å².